The Morgan fingerprint density at radius 3 is 2.84 bits per heavy atom. The van der Waals surface area contributed by atoms with E-state index in [9.17, 15) is 9.18 Å². The van der Waals surface area contributed by atoms with Crippen LogP contribution in [-0.4, -0.2) is 40.8 Å². The van der Waals surface area contributed by atoms with E-state index in [-0.39, 0.29) is 12.2 Å². The van der Waals surface area contributed by atoms with E-state index in [0.29, 0.717) is 18.7 Å². The summed E-state index contributed by atoms with van der Waals surface area (Å²) in [6.07, 6.45) is 0.778. The zero-order valence-electron chi connectivity index (χ0n) is 10.6. The lowest BCUT2D eigenvalue weighted by molar-refractivity contribution is 0.0696. The van der Waals surface area contributed by atoms with Gasteiger partial charge in [-0.25, -0.2) is 9.18 Å². The van der Waals surface area contributed by atoms with Crippen LogP contribution < -0.4 is 5.32 Å². The largest absolute Gasteiger partial charge is 0.478 e. The molecule has 0 unspecified atom stereocenters. The van der Waals surface area contributed by atoms with E-state index < -0.39 is 11.8 Å². The molecule has 1 aromatic rings. The Hall–Kier alpha value is -1.11. The first-order valence-electron chi connectivity index (χ1n) is 6.06. The van der Waals surface area contributed by atoms with E-state index in [1.54, 1.807) is 11.8 Å². The Morgan fingerprint density at radius 1 is 1.37 bits per heavy atom. The third-order valence-electron chi connectivity index (χ3n) is 2.48. The summed E-state index contributed by atoms with van der Waals surface area (Å²) in [7, 11) is 0. The summed E-state index contributed by atoms with van der Waals surface area (Å²) in [5.74, 6) is 0.326. The third kappa shape index (κ3) is 6.04. The van der Waals surface area contributed by atoms with Gasteiger partial charge in [0.15, 0.2) is 0 Å². The van der Waals surface area contributed by atoms with E-state index >= 15 is 0 Å². The average Bonchev–Trinajstić information content (AvgIpc) is 2.39. The summed E-state index contributed by atoms with van der Waals surface area (Å²) >= 11 is 1.71. The second kappa shape index (κ2) is 8.90. The van der Waals surface area contributed by atoms with Gasteiger partial charge in [-0.3, -0.25) is 0 Å². The lowest BCUT2D eigenvalue weighted by Gasteiger charge is -2.07. The number of rotatable bonds is 9. The van der Waals surface area contributed by atoms with Crippen LogP contribution in [0.5, 0.6) is 0 Å². The maximum atomic E-state index is 13.4. The van der Waals surface area contributed by atoms with Gasteiger partial charge < -0.3 is 15.5 Å². The Bertz CT molecular complexity index is 415. The summed E-state index contributed by atoms with van der Waals surface area (Å²) in [5.41, 5.74) is 0.454. The molecule has 4 nitrogen and oxygen atoms in total. The van der Waals surface area contributed by atoms with Gasteiger partial charge in [0.25, 0.3) is 0 Å². The van der Waals surface area contributed by atoms with Crippen LogP contribution in [0.2, 0.25) is 0 Å². The van der Waals surface area contributed by atoms with Gasteiger partial charge in [0.2, 0.25) is 0 Å². The molecule has 0 aromatic heterocycles. The van der Waals surface area contributed by atoms with Gasteiger partial charge in [0.05, 0.1) is 5.56 Å². The molecular weight excluding hydrogens is 269 g/mol. The molecule has 0 aliphatic heterocycles. The van der Waals surface area contributed by atoms with Crippen molar-refractivity contribution >= 4 is 17.7 Å². The van der Waals surface area contributed by atoms with Crippen LogP contribution in [0, 0.1) is 5.82 Å². The molecule has 0 heterocycles. The number of benzene rings is 1. The number of thioether (sulfide) groups is 1. The van der Waals surface area contributed by atoms with E-state index in [2.05, 4.69) is 5.32 Å². The second-order valence-electron chi connectivity index (χ2n) is 3.98. The molecule has 1 rings (SSSR count). The van der Waals surface area contributed by atoms with Crippen LogP contribution >= 0.6 is 11.8 Å². The first kappa shape index (κ1) is 15.9. The number of aliphatic hydroxyl groups is 1. The van der Waals surface area contributed by atoms with E-state index in [1.165, 1.54) is 18.2 Å². The number of nitrogens with one attached hydrogen (secondary N) is 1. The van der Waals surface area contributed by atoms with Gasteiger partial charge in [-0.1, -0.05) is 0 Å². The van der Waals surface area contributed by atoms with E-state index in [0.717, 1.165) is 17.9 Å². The van der Waals surface area contributed by atoms with Crippen molar-refractivity contribution in [3.05, 3.63) is 35.1 Å². The molecule has 0 aliphatic carbocycles. The normalized spacial score (nSPS) is 10.6. The number of carboxylic acid groups (broad SMARTS) is 1. The average molecular weight is 287 g/mol. The van der Waals surface area contributed by atoms with Crippen molar-refractivity contribution in [3.63, 3.8) is 0 Å². The molecule has 1 aromatic carbocycles. The van der Waals surface area contributed by atoms with Crippen molar-refractivity contribution in [1.29, 1.82) is 0 Å². The number of aliphatic hydroxyl groups excluding tert-OH is 1. The standard InChI is InChI=1S/C13H18FNO3S/c14-12-3-2-10(13(17)18)8-11(12)9-15-4-7-19-6-1-5-16/h2-3,8,15-16H,1,4-7,9H2,(H,17,18). The second-order valence-corrected chi connectivity index (χ2v) is 5.20. The molecule has 0 aliphatic rings. The number of hydrogen-bond acceptors (Lipinski definition) is 4. The van der Waals surface area contributed by atoms with Crippen molar-refractivity contribution in [2.75, 3.05) is 24.7 Å². The number of aromatic carboxylic acids is 1. The summed E-state index contributed by atoms with van der Waals surface area (Å²) in [5, 5.41) is 20.5. The van der Waals surface area contributed by atoms with Crippen LogP contribution in [0.3, 0.4) is 0 Å². The molecule has 106 valence electrons. The molecule has 0 atom stereocenters. The molecular formula is C13H18FNO3S. The maximum absolute atomic E-state index is 13.4. The SMILES string of the molecule is O=C(O)c1ccc(F)c(CNCCSCCCO)c1. The fourth-order valence-electron chi connectivity index (χ4n) is 1.48. The lowest BCUT2D eigenvalue weighted by atomic mass is 10.1. The van der Waals surface area contributed by atoms with Gasteiger partial charge in [0.1, 0.15) is 5.82 Å². The molecule has 0 spiro atoms. The minimum absolute atomic E-state index is 0.0931. The predicted octanol–water partition coefficient (Wildman–Crippen LogP) is 1.73. The molecule has 0 fully saturated rings. The summed E-state index contributed by atoms with van der Waals surface area (Å²) in [4.78, 5) is 10.8. The van der Waals surface area contributed by atoms with Gasteiger partial charge in [-0.05, 0) is 30.4 Å². The highest BCUT2D eigenvalue weighted by Gasteiger charge is 2.07. The zero-order valence-corrected chi connectivity index (χ0v) is 11.4. The van der Waals surface area contributed by atoms with Gasteiger partial charge in [-0.2, -0.15) is 11.8 Å². The maximum Gasteiger partial charge on any atom is 0.335 e. The summed E-state index contributed by atoms with van der Waals surface area (Å²) < 4.78 is 13.4. The molecule has 0 saturated heterocycles. The molecule has 19 heavy (non-hydrogen) atoms. The topological polar surface area (TPSA) is 69.6 Å². The summed E-state index contributed by atoms with van der Waals surface area (Å²) in [6.45, 7) is 1.23. The van der Waals surface area contributed by atoms with Crippen LogP contribution in [0.25, 0.3) is 0 Å². The van der Waals surface area contributed by atoms with Crippen molar-refractivity contribution in [2.45, 2.75) is 13.0 Å². The molecule has 0 amide bonds. The third-order valence-corrected chi connectivity index (χ3v) is 3.55. The molecule has 0 saturated carbocycles. The van der Waals surface area contributed by atoms with Gasteiger partial charge >= 0.3 is 5.97 Å². The summed E-state index contributed by atoms with van der Waals surface area (Å²) in [6, 6.07) is 3.78. The molecule has 0 radical (unpaired) electrons. The fourth-order valence-corrected chi connectivity index (χ4v) is 2.31. The van der Waals surface area contributed by atoms with Crippen LogP contribution in [0.15, 0.2) is 18.2 Å². The molecule has 6 heteroatoms. The van der Waals surface area contributed by atoms with Gasteiger partial charge in [0, 0.05) is 31.0 Å². The first-order valence-corrected chi connectivity index (χ1v) is 7.21. The number of hydrogen-bond donors (Lipinski definition) is 3. The lowest BCUT2D eigenvalue weighted by Crippen LogP contribution is -2.18. The van der Waals surface area contributed by atoms with E-state index in [1.807, 2.05) is 0 Å². The van der Waals surface area contributed by atoms with Crippen molar-refractivity contribution in [1.82, 2.24) is 5.32 Å². The highest BCUT2D eigenvalue weighted by molar-refractivity contribution is 7.99. The minimum atomic E-state index is -1.05. The van der Waals surface area contributed by atoms with Crippen LogP contribution in [-0.2, 0) is 6.54 Å². The molecule has 3 N–H and O–H groups in total. The number of halogens is 1. The monoisotopic (exact) mass is 287 g/mol. The van der Waals surface area contributed by atoms with Crippen LogP contribution in [0.4, 0.5) is 4.39 Å². The van der Waals surface area contributed by atoms with Gasteiger partial charge in [-0.15, -0.1) is 0 Å². The first-order chi connectivity index (χ1) is 9.15. The predicted molar refractivity (Wildman–Crippen MR) is 74.1 cm³/mol. The van der Waals surface area contributed by atoms with Crippen LogP contribution in [0.1, 0.15) is 22.3 Å². The Kier molecular flexibility index (Phi) is 7.47. The Morgan fingerprint density at radius 2 is 2.16 bits per heavy atom. The number of carboxylic acids is 1. The Labute approximate surface area is 116 Å². The fraction of sp³-hybridized carbons (Fsp3) is 0.462. The van der Waals surface area contributed by atoms with Crippen molar-refractivity contribution < 1.29 is 19.4 Å². The quantitative estimate of drug-likeness (QED) is 0.603. The smallest absolute Gasteiger partial charge is 0.335 e. The zero-order chi connectivity index (χ0) is 14.1. The minimum Gasteiger partial charge on any atom is -0.478 e. The van der Waals surface area contributed by atoms with Crippen molar-refractivity contribution in [3.8, 4) is 0 Å². The number of carbonyl (C=O) groups is 1. The Balaban J connectivity index is 2.32. The van der Waals surface area contributed by atoms with E-state index in [4.69, 9.17) is 10.2 Å². The highest BCUT2D eigenvalue weighted by atomic mass is 32.2. The highest BCUT2D eigenvalue weighted by Crippen LogP contribution is 2.10. The molecule has 0 bridgehead atoms. The van der Waals surface area contributed by atoms with Crippen molar-refractivity contribution in [2.24, 2.45) is 0 Å².